The zero-order valence-electron chi connectivity index (χ0n) is 21.6. The van der Waals surface area contributed by atoms with E-state index in [0.717, 1.165) is 22.4 Å². The Hall–Kier alpha value is -5.04. The van der Waals surface area contributed by atoms with Crippen LogP contribution < -0.4 is 11.1 Å². The highest BCUT2D eigenvalue weighted by Crippen LogP contribution is 2.20. The lowest BCUT2D eigenvalue weighted by molar-refractivity contribution is -0.145. The molecular formula is C32H30N4O3. The van der Waals surface area contributed by atoms with Gasteiger partial charge in [-0.1, -0.05) is 78.9 Å². The molecule has 1 aromatic heterocycles. The first-order valence-corrected chi connectivity index (χ1v) is 12.5. The van der Waals surface area contributed by atoms with Crippen molar-refractivity contribution in [1.82, 2.24) is 10.3 Å². The first-order chi connectivity index (χ1) is 18.9. The molecule has 4 rings (SSSR count). The Balaban J connectivity index is 1.63. The second-order valence-corrected chi connectivity index (χ2v) is 9.01. The van der Waals surface area contributed by atoms with Gasteiger partial charge >= 0.3 is 5.97 Å². The molecule has 4 aromatic rings. The third-order valence-corrected chi connectivity index (χ3v) is 6.33. The number of nitrogen functional groups attached to an aromatic ring is 1. The molecule has 0 fully saturated rings. The van der Waals surface area contributed by atoms with E-state index in [1.165, 1.54) is 7.11 Å². The van der Waals surface area contributed by atoms with Crippen LogP contribution in [0.4, 0.5) is 0 Å². The van der Waals surface area contributed by atoms with Gasteiger partial charge in [0.1, 0.15) is 5.84 Å². The highest BCUT2D eigenvalue weighted by atomic mass is 16.5. The van der Waals surface area contributed by atoms with Crippen LogP contribution in [-0.4, -0.2) is 35.8 Å². The van der Waals surface area contributed by atoms with E-state index in [2.05, 4.69) is 10.3 Å². The van der Waals surface area contributed by atoms with E-state index in [4.69, 9.17) is 15.9 Å². The fourth-order valence-electron chi connectivity index (χ4n) is 4.25. The van der Waals surface area contributed by atoms with Crippen molar-refractivity contribution in [1.29, 1.82) is 5.41 Å². The van der Waals surface area contributed by atoms with Gasteiger partial charge in [-0.15, -0.1) is 0 Å². The van der Waals surface area contributed by atoms with E-state index >= 15 is 0 Å². The maximum atomic E-state index is 13.4. The van der Waals surface area contributed by atoms with E-state index in [1.807, 2.05) is 78.9 Å². The molecule has 0 radical (unpaired) electrons. The Morgan fingerprint density at radius 1 is 0.949 bits per heavy atom. The number of amidine groups is 1. The van der Waals surface area contributed by atoms with Crippen LogP contribution in [0.15, 0.2) is 109 Å². The molecule has 7 heteroatoms. The number of methoxy groups -OCH3 is 1. The number of hydrogen-bond donors (Lipinski definition) is 3. The van der Waals surface area contributed by atoms with Crippen molar-refractivity contribution >= 4 is 23.8 Å². The molecule has 0 spiro atoms. The predicted molar refractivity (Wildman–Crippen MR) is 153 cm³/mol. The van der Waals surface area contributed by atoms with Crippen LogP contribution in [0.25, 0.3) is 17.3 Å². The molecule has 0 saturated carbocycles. The van der Waals surface area contributed by atoms with Crippen LogP contribution in [0.3, 0.4) is 0 Å². The molecule has 2 unspecified atom stereocenters. The lowest BCUT2D eigenvalue weighted by Gasteiger charge is -2.24. The number of pyridine rings is 1. The summed E-state index contributed by atoms with van der Waals surface area (Å²) in [5.41, 5.74) is 10.1. The van der Waals surface area contributed by atoms with Crippen molar-refractivity contribution in [2.24, 2.45) is 11.7 Å². The monoisotopic (exact) mass is 518 g/mol. The molecule has 39 heavy (non-hydrogen) atoms. The molecule has 2 atom stereocenters. The zero-order valence-corrected chi connectivity index (χ0v) is 21.6. The van der Waals surface area contributed by atoms with Gasteiger partial charge in [-0.25, -0.2) is 0 Å². The molecule has 3 aromatic carbocycles. The number of carbonyl (C=O) groups excluding carboxylic acids is 2. The first-order valence-electron chi connectivity index (χ1n) is 12.5. The molecule has 0 aliphatic rings. The summed E-state index contributed by atoms with van der Waals surface area (Å²) in [6, 6.07) is 28.9. The van der Waals surface area contributed by atoms with Crippen molar-refractivity contribution in [2.75, 3.05) is 7.11 Å². The lowest BCUT2D eigenvalue weighted by Crippen LogP contribution is -2.43. The minimum Gasteiger partial charge on any atom is -0.469 e. The number of ether oxygens (including phenoxy) is 1. The number of hydrogen-bond acceptors (Lipinski definition) is 5. The Morgan fingerprint density at radius 2 is 1.69 bits per heavy atom. The van der Waals surface area contributed by atoms with E-state index in [0.29, 0.717) is 11.1 Å². The summed E-state index contributed by atoms with van der Waals surface area (Å²) in [6.45, 7) is 0. The van der Waals surface area contributed by atoms with Crippen molar-refractivity contribution in [2.45, 2.75) is 12.5 Å². The minimum absolute atomic E-state index is 0.0607. The van der Waals surface area contributed by atoms with Gasteiger partial charge in [-0.2, -0.15) is 0 Å². The molecule has 0 aliphatic heterocycles. The van der Waals surface area contributed by atoms with E-state index in [1.54, 1.807) is 36.5 Å². The number of nitrogens with two attached hydrogens (primary N) is 1. The van der Waals surface area contributed by atoms with Gasteiger partial charge in [-0.05, 0) is 47.9 Å². The van der Waals surface area contributed by atoms with E-state index in [-0.39, 0.29) is 18.2 Å². The first kappa shape index (κ1) is 27.0. The molecule has 1 heterocycles. The third-order valence-electron chi connectivity index (χ3n) is 6.33. The van der Waals surface area contributed by atoms with Gasteiger partial charge in [0.15, 0.2) is 0 Å². The number of benzene rings is 3. The van der Waals surface area contributed by atoms with Gasteiger partial charge in [-0.3, -0.25) is 20.0 Å². The minimum atomic E-state index is -0.728. The predicted octanol–water partition coefficient (Wildman–Crippen LogP) is 4.88. The van der Waals surface area contributed by atoms with Gasteiger partial charge in [0.25, 0.3) is 5.91 Å². The summed E-state index contributed by atoms with van der Waals surface area (Å²) in [7, 11) is 1.33. The molecule has 7 nitrogen and oxygen atoms in total. The van der Waals surface area contributed by atoms with Gasteiger partial charge in [0, 0.05) is 22.9 Å². The average molecular weight is 519 g/mol. The van der Waals surface area contributed by atoms with Crippen LogP contribution in [-0.2, 0) is 16.0 Å². The van der Waals surface area contributed by atoms with Crippen molar-refractivity contribution in [3.05, 3.63) is 132 Å². The van der Waals surface area contributed by atoms with Gasteiger partial charge in [0.05, 0.1) is 24.8 Å². The number of rotatable bonds is 10. The summed E-state index contributed by atoms with van der Waals surface area (Å²) in [6.07, 6.45) is 5.68. The number of aromatic nitrogens is 1. The maximum Gasteiger partial charge on any atom is 0.311 e. The summed E-state index contributed by atoms with van der Waals surface area (Å²) in [5, 5.41) is 10.8. The SMILES string of the molecule is COC(=O)C(Cc1cccc(C(=N)N)c1)C(/C=C/c1ccccc1)NC(=O)c1ccc(-c2ccccn2)cc1. The highest BCUT2D eigenvalue weighted by molar-refractivity contribution is 5.96. The summed E-state index contributed by atoms with van der Waals surface area (Å²) in [4.78, 5) is 30.7. The Bertz CT molecular complexity index is 1450. The lowest BCUT2D eigenvalue weighted by atomic mass is 9.90. The quantitative estimate of drug-likeness (QED) is 0.157. The average Bonchev–Trinajstić information content (AvgIpc) is 2.99. The number of amides is 1. The molecule has 0 saturated heterocycles. The molecule has 196 valence electrons. The summed E-state index contributed by atoms with van der Waals surface area (Å²) < 4.78 is 5.15. The van der Waals surface area contributed by atoms with Crippen LogP contribution >= 0.6 is 0 Å². The molecular weight excluding hydrogens is 488 g/mol. The molecule has 0 aliphatic carbocycles. The Morgan fingerprint density at radius 3 is 2.36 bits per heavy atom. The number of nitrogens with zero attached hydrogens (tertiary/aromatic N) is 1. The fraction of sp³-hybridized carbons (Fsp3) is 0.125. The van der Waals surface area contributed by atoms with Crippen molar-refractivity contribution in [3.63, 3.8) is 0 Å². The zero-order chi connectivity index (χ0) is 27.6. The normalized spacial score (nSPS) is 12.4. The van der Waals surface area contributed by atoms with Crippen molar-refractivity contribution in [3.8, 4) is 11.3 Å². The standard InChI is InChI=1S/C32H30N4O3/c1-39-32(38)27(21-23-10-7-11-26(20-23)30(33)34)29(18-13-22-8-3-2-4-9-22)36-31(37)25-16-14-24(15-17-25)28-12-5-6-19-35-28/h2-20,27,29H,21H2,1H3,(H3,33,34)(H,36,37)/b18-13+. The van der Waals surface area contributed by atoms with Gasteiger partial charge < -0.3 is 15.8 Å². The van der Waals surface area contributed by atoms with Gasteiger partial charge in [0.2, 0.25) is 0 Å². The van der Waals surface area contributed by atoms with Crippen LogP contribution in [0.2, 0.25) is 0 Å². The fourth-order valence-corrected chi connectivity index (χ4v) is 4.25. The largest absolute Gasteiger partial charge is 0.469 e. The number of esters is 1. The second-order valence-electron chi connectivity index (χ2n) is 9.01. The summed E-state index contributed by atoms with van der Waals surface area (Å²) in [5.74, 6) is -1.57. The van der Waals surface area contributed by atoms with Crippen LogP contribution in [0.1, 0.15) is 27.0 Å². The van der Waals surface area contributed by atoms with E-state index < -0.39 is 17.9 Å². The number of carbonyl (C=O) groups is 2. The van der Waals surface area contributed by atoms with Crippen LogP contribution in [0, 0.1) is 11.3 Å². The topological polar surface area (TPSA) is 118 Å². The maximum absolute atomic E-state index is 13.4. The molecule has 0 bridgehead atoms. The third kappa shape index (κ3) is 7.26. The summed E-state index contributed by atoms with van der Waals surface area (Å²) >= 11 is 0. The Labute approximate surface area is 227 Å². The molecule has 4 N–H and O–H groups in total. The van der Waals surface area contributed by atoms with E-state index in [9.17, 15) is 9.59 Å². The van der Waals surface area contributed by atoms with Crippen LogP contribution in [0.5, 0.6) is 0 Å². The Kier molecular flexibility index (Phi) is 8.98. The smallest absolute Gasteiger partial charge is 0.311 e. The van der Waals surface area contributed by atoms with Crippen molar-refractivity contribution < 1.29 is 14.3 Å². The second kappa shape index (κ2) is 13.0. The molecule has 1 amide bonds. The highest BCUT2D eigenvalue weighted by Gasteiger charge is 2.29. The number of nitrogens with one attached hydrogen (secondary N) is 2.